The van der Waals surface area contributed by atoms with Crippen LogP contribution in [-0.2, 0) is 6.42 Å². The number of benzene rings is 3. The van der Waals surface area contributed by atoms with Gasteiger partial charge in [-0.15, -0.1) is 0 Å². The van der Waals surface area contributed by atoms with E-state index in [1.165, 1.54) is 58.4 Å². The van der Waals surface area contributed by atoms with E-state index in [0.29, 0.717) is 0 Å². The lowest BCUT2D eigenvalue weighted by Gasteiger charge is -2.05. The van der Waals surface area contributed by atoms with Gasteiger partial charge >= 0.3 is 0 Å². The van der Waals surface area contributed by atoms with Crippen molar-refractivity contribution in [3.05, 3.63) is 114 Å². The molecule has 3 aromatic heterocycles. The van der Waals surface area contributed by atoms with Crippen LogP contribution in [0.2, 0.25) is 0 Å². The van der Waals surface area contributed by atoms with E-state index in [1.807, 2.05) is 51.1 Å². The van der Waals surface area contributed by atoms with Crippen molar-refractivity contribution >= 4 is 51.0 Å². The lowest BCUT2D eigenvalue weighted by molar-refractivity contribution is 0.531. The van der Waals surface area contributed by atoms with Crippen molar-refractivity contribution in [2.75, 3.05) is 0 Å². The average molecular weight is 556 g/mol. The van der Waals surface area contributed by atoms with E-state index in [9.17, 15) is 0 Å². The zero-order chi connectivity index (χ0) is 29.3. The minimum atomic E-state index is 0.820. The third-order valence-electron chi connectivity index (χ3n) is 7.68. The van der Waals surface area contributed by atoms with Crippen molar-refractivity contribution in [3.63, 3.8) is 0 Å². The Balaban J connectivity index is 0.000000195. The van der Waals surface area contributed by atoms with Crippen molar-refractivity contribution in [1.29, 1.82) is 0 Å². The maximum absolute atomic E-state index is 6.33. The highest BCUT2D eigenvalue weighted by Gasteiger charge is 2.24. The van der Waals surface area contributed by atoms with Gasteiger partial charge < -0.3 is 13.8 Å². The summed E-state index contributed by atoms with van der Waals surface area (Å²) in [5, 5.41) is 3.81. The summed E-state index contributed by atoms with van der Waals surface area (Å²) in [5.74, 6) is 2.53. The van der Waals surface area contributed by atoms with E-state index in [0.717, 1.165) is 46.8 Å². The number of aromatic nitrogens is 1. The van der Waals surface area contributed by atoms with Crippen molar-refractivity contribution in [3.8, 4) is 11.5 Å². The normalized spacial score (nSPS) is 14.2. The molecule has 6 aromatic rings. The second-order valence-electron chi connectivity index (χ2n) is 10.3. The van der Waals surface area contributed by atoms with Crippen LogP contribution in [0.4, 0.5) is 0 Å². The molecule has 214 valence electrons. The molecule has 0 saturated carbocycles. The Morgan fingerprint density at radius 2 is 1.38 bits per heavy atom. The van der Waals surface area contributed by atoms with Crippen molar-refractivity contribution in [2.24, 2.45) is 0 Å². The largest absolute Gasteiger partial charge is 0.452 e. The van der Waals surface area contributed by atoms with Gasteiger partial charge in [0.05, 0.1) is 0 Å². The molecule has 7 rings (SSSR count). The van der Waals surface area contributed by atoms with Crippen LogP contribution < -0.4 is 0 Å². The topological polar surface area (TPSA) is 42.1 Å². The average Bonchev–Trinajstić information content (AvgIpc) is 3.70. The van der Waals surface area contributed by atoms with Gasteiger partial charge in [-0.1, -0.05) is 112 Å². The van der Waals surface area contributed by atoms with Crippen LogP contribution in [-0.4, -0.2) is 4.98 Å². The highest BCUT2D eigenvalue weighted by atomic mass is 16.4. The molecule has 0 aliphatic heterocycles. The molecule has 0 saturated heterocycles. The van der Waals surface area contributed by atoms with E-state index in [1.54, 1.807) is 0 Å². The summed E-state index contributed by atoms with van der Waals surface area (Å²) in [6.07, 6.45) is 17.3. The Bertz CT molecular complexity index is 1790. The minimum Gasteiger partial charge on any atom is -0.452 e. The molecule has 0 atom stereocenters. The monoisotopic (exact) mass is 555 g/mol. The quantitative estimate of drug-likeness (QED) is 0.231. The van der Waals surface area contributed by atoms with Crippen LogP contribution in [0, 0.1) is 0 Å². The Kier molecular flexibility index (Phi) is 9.61. The number of hydrogen-bond donors (Lipinski definition) is 1. The van der Waals surface area contributed by atoms with Crippen LogP contribution in [0.3, 0.4) is 0 Å². The first-order chi connectivity index (χ1) is 20.8. The second kappa shape index (κ2) is 13.9. The maximum Gasteiger partial charge on any atom is 0.178 e. The number of H-pyrrole nitrogens is 1. The van der Waals surface area contributed by atoms with E-state index in [-0.39, 0.29) is 0 Å². The third kappa shape index (κ3) is 5.92. The number of aromatic amines is 1. The number of para-hydroxylation sites is 3. The summed E-state index contributed by atoms with van der Waals surface area (Å²) in [6, 6.07) is 25.1. The SMILES string of the molecule is C=Cc1c(/C=C\C)oc2c1/C=C/CCCCCCc1c-2oc2ccccc12.CC.c1ccc2c(c1)[nH]c1ccccc12. The molecule has 1 aliphatic carbocycles. The van der Waals surface area contributed by atoms with Crippen LogP contribution in [0.15, 0.2) is 100 Å². The molecule has 0 bridgehead atoms. The molecular weight excluding hydrogens is 514 g/mol. The highest BCUT2D eigenvalue weighted by molar-refractivity contribution is 6.07. The van der Waals surface area contributed by atoms with Crippen molar-refractivity contribution in [2.45, 2.75) is 59.3 Å². The molecule has 3 nitrogen and oxygen atoms in total. The Labute approximate surface area is 249 Å². The lowest BCUT2D eigenvalue weighted by Crippen LogP contribution is -1.90. The van der Waals surface area contributed by atoms with Gasteiger partial charge in [0.1, 0.15) is 11.3 Å². The highest BCUT2D eigenvalue weighted by Crippen LogP contribution is 2.41. The van der Waals surface area contributed by atoms with Gasteiger partial charge in [-0.25, -0.2) is 0 Å². The number of hydrogen-bond acceptors (Lipinski definition) is 2. The first-order valence-electron chi connectivity index (χ1n) is 15.3. The third-order valence-corrected chi connectivity index (χ3v) is 7.68. The van der Waals surface area contributed by atoms with Gasteiger partial charge in [-0.05, 0) is 56.9 Å². The van der Waals surface area contributed by atoms with E-state index >= 15 is 0 Å². The molecule has 0 spiro atoms. The van der Waals surface area contributed by atoms with Gasteiger partial charge in [0, 0.05) is 43.9 Å². The molecule has 1 aliphatic rings. The fraction of sp³-hybridized carbons (Fsp3) is 0.231. The van der Waals surface area contributed by atoms with Crippen LogP contribution >= 0.6 is 0 Å². The van der Waals surface area contributed by atoms with E-state index in [2.05, 4.69) is 84.4 Å². The van der Waals surface area contributed by atoms with Gasteiger partial charge in [0.25, 0.3) is 0 Å². The molecule has 0 radical (unpaired) electrons. The van der Waals surface area contributed by atoms with Crippen LogP contribution in [0.5, 0.6) is 0 Å². The first-order valence-corrected chi connectivity index (χ1v) is 15.3. The molecule has 3 heterocycles. The van der Waals surface area contributed by atoms with E-state index in [4.69, 9.17) is 8.83 Å². The van der Waals surface area contributed by atoms with Gasteiger partial charge in [-0.2, -0.15) is 0 Å². The molecule has 1 N–H and O–H groups in total. The number of fused-ring (bicyclic) bond motifs is 8. The fourth-order valence-corrected chi connectivity index (χ4v) is 5.74. The summed E-state index contributed by atoms with van der Waals surface area (Å²) in [7, 11) is 0. The number of furan rings is 2. The summed E-state index contributed by atoms with van der Waals surface area (Å²) in [4.78, 5) is 3.38. The summed E-state index contributed by atoms with van der Waals surface area (Å²) >= 11 is 0. The molecule has 42 heavy (non-hydrogen) atoms. The first kappa shape index (κ1) is 29.0. The molecular formula is C39H41NO2. The maximum atomic E-state index is 6.33. The standard InChI is InChI=1S/C25H26O2.C12H9N.C2H6/c1-3-13-22-18(4-2)20-15-9-7-5-6-8-10-16-21-19-14-11-12-17-23(19)27-25(21)24(20)26-22;1-3-7-11-9(5-1)10-6-2-4-8-12(10)13-11;1-2/h3-4,9,11-15,17H,2,5-8,10,16H2,1H3;1-8,13H;1-2H3/b13-3-,15-9+;;. The molecule has 3 heteroatoms. The fourth-order valence-electron chi connectivity index (χ4n) is 5.74. The Hall–Kier alpha value is -4.50. The van der Waals surface area contributed by atoms with Crippen LogP contribution in [0.25, 0.3) is 62.5 Å². The number of allylic oxidation sites excluding steroid dienone is 2. The summed E-state index contributed by atoms with van der Waals surface area (Å²) in [5.41, 5.74) is 6.71. The molecule has 3 aromatic carbocycles. The molecule has 0 unspecified atom stereocenters. The zero-order valence-corrected chi connectivity index (χ0v) is 25.1. The van der Waals surface area contributed by atoms with Crippen molar-refractivity contribution < 1.29 is 8.83 Å². The van der Waals surface area contributed by atoms with E-state index < -0.39 is 0 Å². The summed E-state index contributed by atoms with van der Waals surface area (Å²) in [6.45, 7) is 10.0. The predicted molar refractivity (Wildman–Crippen MR) is 182 cm³/mol. The van der Waals surface area contributed by atoms with Gasteiger partial charge in [0.15, 0.2) is 11.5 Å². The second-order valence-corrected chi connectivity index (χ2v) is 10.3. The molecule has 0 fully saturated rings. The Morgan fingerprint density at radius 3 is 2.07 bits per heavy atom. The smallest absolute Gasteiger partial charge is 0.178 e. The minimum absolute atomic E-state index is 0.820. The number of aryl methyl sites for hydroxylation is 1. The van der Waals surface area contributed by atoms with Crippen molar-refractivity contribution in [1.82, 2.24) is 4.98 Å². The molecule has 0 amide bonds. The lowest BCUT2D eigenvalue weighted by atomic mass is 9.98. The number of nitrogens with one attached hydrogen (secondary N) is 1. The van der Waals surface area contributed by atoms with Crippen LogP contribution in [0.1, 0.15) is 75.3 Å². The van der Waals surface area contributed by atoms with Gasteiger partial charge in [0.2, 0.25) is 0 Å². The zero-order valence-electron chi connectivity index (χ0n) is 25.1. The number of rotatable bonds is 2. The predicted octanol–water partition coefficient (Wildman–Crippen LogP) is 12.2. The van der Waals surface area contributed by atoms with Gasteiger partial charge in [-0.3, -0.25) is 0 Å². The summed E-state index contributed by atoms with van der Waals surface area (Å²) < 4.78 is 12.7. The Morgan fingerprint density at radius 1 is 0.738 bits per heavy atom.